The van der Waals surface area contributed by atoms with Crippen molar-refractivity contribution in [2.24, 2.45) is 11.8 Å². The van der Waals surface area contributed by atoms with Crippen LogP contribution in [0.2, 0.25) is 0 Å². The standard InChI is InChI=1S/C15H29NO3/c1-6-16-15(4,14(17)18-5)10-19-13-8-11(2)7-12(3)9-13/h11-13,16H,6-10H2,1-5H3. The Morgan fingerprint density at radius 3 is 2.32 bits per heavy atom. The molecule has 3 atom stereocenters. The Bertz CT molecular complexity index is 285. The van der Waals surface area contributed by atoms with E-state index in [-0.39, 0.29) is 12.1 Å². The van der Waals surface area contributed by atoms with Crippen LogP contribution < -0.4 is 5.32 Å². The second-order valence-electron chi connectivity index (χ2n) is 6.20. The summed E-state index contributed by atoms with van der Waals surface area (Å²) in [5.74, 6) is 1.15. The first-order valence-electron chi connectivity index (χ1n) is 7.36. The van der Waals surface area contributed by atoms with E-state index < -0.39 is 5.54 Å². The first-order valence-corrected chi connectivity index (χ1v) is 7.36. The molecule has 3 unspecified atom stereocenters. The predicted octanol–water partition coefficient (Wildman–Crippen LogP) is 2.37. The van der Waals surface area contributed by atoms with Crippen LogP contribution in [0.4, 0.5) is 0 Å². The maximum Gasteiger partial charge on any atom is 0.328 e. The van der Waals surface area contributed by atoms with E-state index in [9.17, 15) is 4.79 Å². The molecule has 0 aromatic rings. The summed E-state index contributed by atoms with van der Waals surface area (Å²) in [6, 6.07) is 0. The molecular formula is C15H29NO3. The summed E-state index contributed by atoms with van der Waals surface area (Å²) in [5, 5.41) is 3.17. The number of likely N-dealkylation sites (N-methyl/N-ethyl adjacent to an activating group) is 1. The number of hydrogen-bond donors (Lipinski definition) is 1. The van der Waals surface area contributed by atoms with E-state index >= 15 is 0 Å². The fourth-order valence-corrected chi connectivity index (χ4v) is 3.09. The number of carbonyl (C=O) groups is 1. The van der Waals surface area contributed by atoms with Crippen LogP contribution in [-0.4, -0.2) is 37.9 Å². The molecular weight excluding hydrogens is 242 g/mol. The molecule has 112 valence electrons. The number of ether oxygens (including phenoxy) is 2. The SMILES string of the molecule is CCNC(C)(COC1CC(C)CC(C)C1)C(=O)OC. The molecule has 1 aliphatic carbocycles. The minimum Gasteiger partial charge on any atom is -0.468 e. The third kappa shape index (κ3) is 4.77. The van der Waals surface area contributed by atoms with Gasteiger partial charge in [0, 0.05) is 0 Å². The first-order chi connectivity index (χ1) is 8.91. The highest BCUT2D eigenvalue weighted by Crippen LogP contribution is 2.30. The van der Waals surface area contributed by atoms with Gasteiger partial charge in [-0.2, -0.15) is 0 Å². The van der Waals surface area contributed by atoms with E-state index in [0.29, 0.717) is 25.0 Å². The minimum atomic E-state index is -0.743. The summed E-state index contributed by atoms with van der Waals surface area (Å²) in [6.07, 6.45) is 3.73. The Morgan fingerprint density at radius 2 is 1.84 bits per heavy atom. The molecule has 1 aliphatic rings. The zero-order valence-corrected chi connectivity index (χ0v) is 13.0. The minimum absolute atomic E-state index is 0.258. The smallest absolute Gasteiger partial charge is 0.328 e. The van der Waals surface area contributed by atoms with Gasteiger partial charge in [-0.25, -0.2) is 4.79 Å². The van der Waals surface area contributed by atoms with Crippen molar-refractivity contribution in [2.45, 2.75) is 58.6 Å². The highest BCUT2D eigenvalue weighted by molar-refractivity contribution is 5.80. The van der Waals surface area contributed by atoms with Crippen molar-refractivity contribution in [2.75, 3.05) is 20.3 Å². The van der Waals surface area contributed by atoms with Crippen molar-refractivity contribution in [3.05, 3.63) is 0 Å². The number of methoxy groups -OCH3 is 1. The molecule has 0 bridgehead atoms. The lowest BCUT2D eigenvalue weighted by Crippen LogP contribution is -2.54. The second kappa shape index (κ2) is 7.25. The highest BCUT2D eigenvalue weighted by Gasteiger charge is 2.35. The Kier molecular flexibility index (Phi) is 6.27. The number of hydrogen-bond acceptors (Lipinski definition) is 4. The number of rotatable bonds is 6. The normalized spacial score (nSPS) is 30.7. The van der Waals surface area contributed by atoms with Gasteiger partial charge in [-0.1, -0.05) is 20.8 Å². The van der Waals surface area contributed by atoms with Crippen molar-refractivity contribution in [1.82, 2.24) is 5.32 Å². The summed E-state index contributed by atoms with van der Waals surface area (Å²) in [5.41, 5.74) is -0.743. The van der Waals surface area contributed by atoms with Gasteiger partial charge in [-0.3, -0.25) is 0 Å². The lowest BCUT2D eigenvalue weighted by Gasteiger charge is -2.34. The summed E-state index contributed by atoms with van der Waals surface area (Å²) in [6.45, 7) is 9.46. The molecule has 1 saturated carbocycles. The lowest BCUT2D eigenvalue weighted by atomic mass is 9.81. The quantitative estimate of drug-likeness (QED) is 0.753. The van der Waals surface area contributed by atoms with Crippen LogP contribution >= 0.6 is 0 Å². The summed E-state index contributed by atoms with van der Waals surface area (Å²) >= 11 is 0. The number of nitrogens with one attached hydrogen (secondary N) is 1. The van der Waals surface area contributed by atoms with Crippen LogP contribution in [-0.2, 0) is 14.3 Å². The van der Waals surface area contributed by atoms with E-state index in [1.54, 1.807) is 0 Å². The van der Waals surface area contributed by atoms with Gasteiger partial charge in [0.25, 0.3) is 0 Å². The van der Waals surface area contributed by atoms with Gasteiger partial charge >= 0.3 is 5.97 Å². The topological polar surface area (TPSA) is 47.6 Å². The van der Waals surface area contributed by atoms with E-state index in [0.717, 1.165) is 12.8 Å². The van der Waals surface area contributed by atoms with Crippen LogP contribution in [0.25, 0.3) is 0 Å². The molecule has 4 heteroatoms. The Morgan fingerprint density at radius 1 is 1.26 bits per heavy atom. The summed E-state index contributed by atoms with van der Waals surface area (Å²) < 4.78 is 10.9. The zero-order valence-electron chi connectivity index (χ0n) is 13.0. The van der Waals surface area contributed by atoms with Gasteiger partial charge in [0.1, 0.15) is 5.54 Å². The Labute approximate surface area is 117 Å². The first kappa shape index (κ1) is 16.4. The Balaban J connectivity index is 2.54. The van der Waals surface area contributed by atoms with Crippen molar-refractivity contribution >= 4 is 5.97 Å². The molecule has 0 spiro atoms. The molecule has 4 nitrogen and oxygen atoms in total. The average molecular weight is 271 g/mol. The van der Waals surface area contributed by atoms with E-state index in [1.807, 2.05) is 13.8 Å². The molecule has 0 aliphatic heterocycles. The van der Waals surface area contributed by atoms with Crippen LogP contribution in [0, 0.1) is 11.8 Å². The van der Waals surface area contributed by atoms with Gasteiger partial charge in [-0.15, -0.1) is 0 Å². The maximum atomic E-state index is 11.9. The third-order valence-corrected chi connectivity index (χ3v) is 3.95. The van der Waals surface area contributed by atoms with Crippen LogP contribution in [0.5, 0.6) is 0 Å². The highest BCUT2D eigenvalue weighted by atomic mass is 16.5. The largest absolute Gasteiger partial charge is 0.468 e. The summed E-state index contributed by atoms with van der Waals surface area (Å²) in [7, 11) is 1.42. The number of carbonyl (C=O) groups excluding carboxylic acids is 1. The van der Waals surface area contributed by atoms with Crippen LogP contribution in [0.1, 0.15) is 47.0 Å². The van der Waals surface area contributed by atoms with Gasteiger partial charge < -0.3 is 14.8 Å². The van der Waals surface area contributed by atoms with Gasteiger partial charge in [0.2, 0.25) is 0 Å². The molecule has 0 amide bonds. The molecule has 0 heterocycles. The molecule has 1 rings (SSSR count). The molecule has 0 aromatic heterocycles. The van der Waals surface area contributed by atoms with Crippen molar-refractivity contribution < 1.29 is 14.3 Å². The predicted molar refractivity (Wildman–Crippen MR) is 76.0 cm³/mol. The van der Waals surface area contributed by atoms with Gasteiger partial charge in [-0.05, 0) is 44.6 Å². The molecule has 0 radical (unpaired) electrons. The van der Waals surface area contributed by atoms with E-state index in [4.69, 9.17) is 9.47 Å². The van der Waals surface area contributed by atoms with Gasteiger partial charge in [0.05, 0.1) is 19.8 Å². The Hall–Kier alpha value is -0.610. The molecule has 1 fully saturated rings. The van der Waals surface area contributed by atoms with E-state index in [2.05, 4.69) is 19.2 Å². The molecule has 1 N–H and O–H groups in total. The average Bonchev–Trinajstić information content (AvgIpc) is 2.34. The second-order valence-corrected chi connectivity index (χ2v) is 6.20. The van der Waals surface area contributed by atoms with E-state index in [1.165, 1.54) is 13.5 Å². The van der Waals surface area contributed by atoms with Crippen LogP contribution in [0.15, 0.2) is 0 Å². The van der Waals surface area contributed by atoms with Crippen molar-refractivity contribution in [3.63, 3.8) is 0 Å². The third-order valence-electron chi connectivity index (χ3n) is 3.95. The fraction of sp³-hybridized carbons (Fsp3) is 0.933. The van der Waals surface area contributed by atoms with Crippen molar-refractivity contribution in [3.8, 4) is 0 Å². The number of esters is 1. The molecule has 19 heavy (non-hydrogen) atoms. The monoisotopic (exact) mass is 271 g/mol. The summed E-state index contributed by atoms with van der Waals surface area (Å²) in [4.78, 5) is 11.9. The fourth-order valence-electron chi connectivity index (χ4n) is 3.09. The molecule has 0 aromatic carbocycles. The molecule has 0 saturated heterocycles. The van der Waals surface area contributed by atoms with Crippen LogP contribution in [0.3, 0.4) is 0 Å². The lowest BCUT2D eigenvalue weighted by molar-refractivity contribution is -0.152. The zero-order chi connectivity index (χ0) is 14.5. The maximum absolute atomic E-state index is 11.9. The van der Waals surface area contributed by atoms with Crippen molar-refractivity contribution in [1.29, 1.82) is 0 Å². The van der Waals surface area contributed by atoms with Gasteiger partial charge in [0.15, 0.2) is 0 Å².